The second kappa shape index (κ2) is 8.56. The van der Waals surface area contributed by atoms with Gasteiger partial charge in [-0.05, 0) is 42.8 Å². The molecule has 0 bridgehead atoms. The van der Waals surface area contributed by atoms with Gasteiger partial charge in [0.25, 0.3) is 0 Å². The Labute approximate surface area is 161 Å². The number of halogens is 3. The lowest BCUT2D eigenvalue weighted by Gasteiger charge is -2.22. The smallest absolute Gasteiger partial charge is 0.226 e. The van der Waals surface area contributed by atoms with Crippen LogP contribution in [0, 0.1) is 6.92 Å². The first-order valence-corrected chi connectivity index (χ1v) is 8.70. The first-order valence-electron chi connectivity index (χ1n) is 7.57. The van der Waals surface area contributed by atoms with Crippen LogP contribution in [0.2, 0.25) is 15.1 Å². The van der Waals surface area contributed by atoms with Gasteiger partial charge in [0.05, 0.1) is 10.7 Å². The highest BCUT2D eigenvalue weighted by atomic mass is 35.5. The topological polar surface area (TPSA) is 49.4 Å². The number of aryl methyl sites for hydroxylation is 1. The van der Waals surface area contributed by atoms with E-state index in [0.717, 1.165) is 5.56 Å². The Morgan fingerprint density at radius 1 is 1.04 bits per heavy atom. The van der Waals surface area contributed by atoms with Crippen molar-refractivity contribution in [3.8, 4) is 0 Å². The maximum atomic E-state index is 12.2. The SMILES string of the molecule is CC(=O)N(CCC(=O)Nc1cc(Cl)ccc1C)c1ccc(Cl)cc1Cl. The van der Waals surface area contributed by atoms with Crippen molar-refractivity contribution in [3.63, 3.8) is 0 Å². The largest absolute Gasteiger partial charge is 0.326 e. The summed E-state index contributed by atoms with van der Waals surface area (Å²) in [5, 5.41) is 4.18. The van der Waals surface area contributed by atoms with E-state index in [1.807, 2.05) is 13.0 Å². The lowest BCUT2D eigenvalue weighted by molar-refractivity contribution is -0.117. The van der Waals surface area contributed by atoms with Crippen molar-refractivity contribution in [3.05, 3.63) is 57.0 Å². The van der Waals surface area contributed by atoms with Crippen molar-refractivity contribution in [1.29, 1.82) is 0 Å². The molecule has 0 heterocycles. The van der Waals surface area contributed by atoms with Gasteiger partial charge in [-0.15, -0.1) is 0 Å². The number of hydrogen-bond donors (Lipinski definition) is 1. The number of hydrogen-bond acceptors (Lipinski definition) is 2. The Morgan fingerprint density at radius 3 is 2.32 bits per heavy atom. The van der Waals surface area contributed by atoms with Crippen molar-refractivity contribution < 1.29 is 9.59 Å². The molecule has 2 rings (SSSR count). The molecule has 132 valence electrons. The molecule has 0 aliphatic rings. The van der Waals surface area contributed by atoms with Gasteiger partial charge >= 0.3 is 0 Å². The number of nitrogens with one attached hydrogen (secondary N) is 1. The van der Waals surface area contributed by atoms with E-state index in [1.54, 1.807) is 30.3 Å². The van der Waals surface area contributed by atoms with Gasteiger partial charge in [-0.1, -0.05) is 40.9 Å². The van der Waals surface area contributed by atoms with Gasteiger partial charge in [0.2, 0.25) is 11.8 Å². The van der Waals surface area contributed by atoms with Crippen molar-refractivity contribution in [1.82, 2.24) is 0 Å². The standard InChI is InChI=1S/C18H17Cl3N2O2/c1-11-3-4-14(20)10-16(11)22-18(25)7-8-23(12(2)24)17-6-5-13(19)9-15(17)21/h3-6,9-10H,7-8H2,1-2H3,(H,22,25). The Kier molecular flexibility index (Phi) is 6.71. The molecule has 0 saturated carbocycles. The number of carbonyl (C=O) groups excluding carboxylic acids is 2. The average Bonchev–Trinajstić information content (AvgIpc) is 2.52. The zero-order chi connectivity index (χ0) is 18.6. The third-order valence-electron chi connectivity index (χ3n) is 3.62. The van der Waals surface area contributed by atoms with E-state index in [9.17, 15) is 9.59 Å². The van der Waals surface area contributed by atoms with E-state index in [2.05, 4.69) is 5.32 Å². The fourth-order valence-electron chi connectivity index (χ4n) is 2.30. The molecule has 0 aromatic heterocycles. The number of anilines is 2. The van der Waals surface area contributed by atoms with Crippen LogP contribution in [0.3, 0.4) is 0 Å². The molecule has 4 nitrogen and oxygen atoms in total. The van der Waals surface area contributed by atoms with Crippen LogP contribution in [0.15, 0.2) is 36.4 Å². The van der Waals surface area contributed by atoms with Gasteiger partial charge in [0.15, 0.2) is 0 Å². The highest BCUT2D eigenvalue weighted by Gasteiger charge is 2.17. The zero-order valence-electron chi connectivity index (χ0n) is 13.8. The molecule has 0 spiro atoms. The minimum Gasteiger partial charge on any atom is -0.326 e. The molecule has 1 N–H and O–H groups in total. The molecule has 0 unspecified atom stereocenters. The molecule has 0 radical (unpaired) electrons. The summed E-state index contributed by atoms with van der Waals surface area (Å²) in [6.45, 7) is 3.49. The van der Waals surface area contributed by atoms with Crippen LogP contribution in [-0.4, -0.2) is 18.4 Å². The predicted octanol–water partition coefficient (Wildman–Crippen LogP) is 5.34. The Bertz CT molecular complexity index is 809. The third-order valence-corrected chi connectivity index (χ3v) is 4.39. The lowest BCUT2D eigenvalue weighted by Crippen LogP contribution is -2.32. The van der Waals surface area contributed by atoms with E-state index in [4.69, 9.17) is 34.8 Å². The Balaban J connectivity index is 2.07. The van der Waals surface area contributed by atoms with Crippen LogP contribution in [0.25, 0.3) is 0 Å². The van der Waals surface area contributed by atoms with Crippen LogP contribution < -0.4 is 10.2 Å². The molecule has 0 atom stereocenters. The van der Waals surface area contributed by atoms with Crippen molar-refractivity contribution in [2.24, 2.45) is 0 Å². The quantitative estimate of drug-likeness (QED) is 0.738. The molecule has 0 saturated heterocycles. The fraction of sp³-hybridized carbons (Fsp3) is 0.222. The number of nitrogens with zero attached hydrogens (tertiary/aromatic N) is 1. The van der Waals surface area contributed by atoms with Gasteiger partial charge in [-0.3, -0.25) is 9.59 Å². The van der Waals surface area contributed by atoms with E-state index in [-0.39, 0.29) is 24.8 Å². The third kappa shape index (κ3) is 5.36. The molecule has 2 aromatic carbocycles. The number of rotatable bonds is 5. The van der Waals surface area contributed by atoms with Crippen molar-refractivity contribution >= 4 is 58.0 Å². The molecule has 2 aromatic rings. The normalized spacial score (nSPS) is 10.4. The summed E-state index contributed by atoms with van der Waals surface area (Å²) in [4.78, 5) is 25.6. The summed E-state index contributed by atoms with van der Waals surface area (Å²) in [7, 11) is 0. The molecule has 25 heavy (non-hydrogen) atoms. The van der Waals surface area contributed by atoms with Crippen LogP contribution in [0.4, 0.5) is 11.4 Å². The van der Waals surface area contributed by atoms with E-state index < -0.39 is 0 Å². The summed E-state index contributed by atoms with van der Waals surface area (Å²) in [6.07, 6.45) is 0.116. The molecule has 0 aliphatic carbocycles. The van der Waals surface area contributed by atoms with Crippen molar-refractivity contribution in [2.45, 2.75) is 20.3 Å². The second-order valence-electron chi connectivity index (χ2n) is 5.52. The van der Waals surface area contributed by atoms with Crippen LogP contribution in [0.5, 0.6) is 0 Å². The van der Waals surface area contributed by atoms with Gasteiger partial charge in [0, 0.05) is 35.6 Å². The molecule has 0 aliphatic heterocycles. The summed E-state index contributed by atoms with van der Waals surface area (Å²) in [5.74, 6) is -0.433. The highest BCUT2D eigenvalue weighted by Crippen LogP contribution is 2.29. The van der Waals surface area contributed by atoms with Gasteiger partial charge < -0.3 is 10.2 Å². The molecular weight excluding hydrogens is 383 g/mol. The Hall–Kier alpha value is -1.75. The summed E-state index contributed by atoms with van der Waals surface area (Å²) < 4.78 is 0. The maximum absolute atomic E-state index is 12.2. The molecule has 0 fully saturated rings. The van der Waals surface area contributed by atoms with Crippen molar-refractivity contribution in [2.75, 3.05) is 16.8 Å². The average molecular weight is 400 g/mol. The maximum Gasteiger partial charge on any atom is 0.226 e. The minimum atomic E-state index is -0.221. The van der Waals surface area contributed by atoms with Crippen LogP contribution in [0.1, 0.15) is 18.9 Å². The predicted molar refractivity (Wildman–Crippen MR) is 104 cm³/mol. The van der Waals surface area contributed by atoms with E-state index >= 15 is 0 Å². The second-order valence-corrected chi connectivity index (χ2v) is 6.80. The van der Waals surface area contributed by atoms with Gasteiger partial charge in [-0.2, -0.15) is 0 Å². The van der Waals surface area contributed by atoms with E-state index in [1.165, 1.54) is 11.8 Å². The van der Waals surface area contributed by atoms with Crippen LogP contribution >= 0.6 is 34.8 Å². The monoisotopic (exact) mass is 398 g/mol. The summed E-state index contributed by atoms with van der Waals surface area (Å²) in [6, 6.07) is 10.1. The van der Waals surface area contributed by atoms with Gasteiger partial charge in [0.1, 0.15) is 0 Å². The molecular formula is C18H17Cl3N2O2. The highest BCUT2D eigenvalue weighted by molar-refractivity contribution is 6.36. The first-order chi connectivity index (χ1) is 11.8. The van der Waals surface area contributed by atoms with Crippen LogP contribution in [-0.2, 0) is 9.59 Å². The Morgan fingerprint density at radius 2 is 1.68 bits per heavy atom. The molecule has 2 amide bonds. The first kappa shape index (κ1) is 19.6. The zero-order valence-corrected chi connectivity index (χ0v) is 16.0. The summed E-state index contributed by atoms with van der Waals surface area (Å²) >= 11 is 18.0. The minimum absolute atomic E-state index is 0.116. The number of amides is 2. The molecule has 7 heteroatoms. The number of benzene rings is 2. The summed E-state index contributed by atoms with van der Waals surface area (Å²) in [5.41, 5.74) is 2.07. The van der Waals surface area contributed by atoms with E-state index in [0.29, 0.717) is 26.4 Å². The lowest BCUT2D eigenvalue weighted by atomic mass is 10.2. The fourth-order valence-corrected chi connectivity index (χ4v) is 2.99. The number of carbonyl (C=O) groups is 2. The van der Waals surface area contributed by atoms with Gasteiger partial charge in [-0.25, -0.2) is 0 Å².